The van der Waals surface area contributed by atoms with Crippen LogP contribution in [0.2, 0.25) is 0 Å². The van der Waals surface area contributed by atoms with Gasteiger partial charge in [-0.2, -0.15) is 0 Å². The van der Waals surface area contributed by atoms with E-state index in [1.807, 2.05) is 20.8 Å². The molecule has 5 heteroatoms. The van der Waals surface area contributed by atoms with E-state index in [4.69, 9.17) is 0 Å². The Hall–Kier alpha value is -1.10. The molecule has 2 amide bonds. The van der Waals surface area contributed by atoms with Crippen LogP contribution < -0.4 is 16.2 Å². The number of ketones is 1. The van der Waals surface area contributed by atoms with Crippen molar-refractivity contribution in [2.45, 2.75) is 67.3 Å². The summed E-state index contributed by atoms with van der Waals surface area (Å²) in [4.78, 5) is 22.5. The second-order valence-corrected chi connectivity index (χ2v) is 5.99. The maximum Gasteiger partial charge on any atom is 0.329 e. The molecule has 1 unspecified atom stereocenters. The van der Waals surface area contributed by atoms with Crippen LogP contribution in [0.15, 0.2) is 0 Å². The van der Waals surface area contributed by atoms with Gasteiger partial charge in [0.25, 0.3) is 0 Å². The second-order valence-electron chi connectivity index (χ2n) is 5.99. The molecule has 3 N–H and O–H groups in total. The molecule has 0 radical (unpaired) electrons. The molecule has 0 saturated heterocycles. The highest BCUT2D eigenvalue weighted by Gasteiger charge is 2.09. The highest BCUT2D eigenvalue weighted by Crippen LogP contribution is 1.93. The van der Waals surface area contributed by atoms with E-state index in [9.17, 15) is 9.59 Å². The van der Waals surface area contributed by atoms with Crippen molar-refractivity contribution in [3.8, 4) is 0 Å². The minimum Gasteiger partial charge on any atom is -0.330 e. The lowest BCUT2D eigenvalue weighted by Gasteiger charge is -2.14. The summed E-state index contributed by atoms with van der Waals surface area (Å²) in [6, 6.07) is -0.131. The molecular weight excluding hydrogens is 254 g/mol. The van der Waals surface area contributed by atoms with Crippen LogP contribution in [0.4, 0.5) is 4.79 Å². The van der Waals surface area contributed by atoms with Crippen molar-refractivity contribution in [1.82, 2.24) is 16.2 Å². The first-order valence-corrected chi connectivity index (χ1v) is 7.52. The maximum absolute atomic E-state index is 11.2. The predicted octanol–water partition coefficient (Wildman–Crippen LogP) is 3.60. The highest BCUT2D eigenvalue weighted by atomic mass is 16.2. The maximum atomic E-state index is 11.2. The van der Waals surface area contributed by atoms with Crippen molar-refractivity contribution >= 4 is 11.8 Å². The molecular formula is C15H39N3O2. The zero-order chi connectivity index (χ0) is 16.1. The molecule has 126 valence electrons. The summed E-state index contributed by atoms with van der Waals surface area (Å²) in [6.07, 6.45) is 2.05. The quantitative estimate of drug-likeness (QED) is 0.628. The molecule has 5 nitrogen and oxygen atoms in total. The smallest absolute Gasteiger partial charge is 0.329 e. The second kappa shape index (κ2) is 12.9. The Morgan fingerprint density at radius 3 is 1.95 bits per heavy atom. The third-order valence-corrected chi connectivity index (χ3v) is 2.22. The van der Waals surface area contributed by atoms with Gasteiger partial charge >= 0.3 is 6.03 Å². The summed E-state index contributed by atoms with van der Waals surface area (Å²) in [5, 5.41) is 2.50. The number of carbonyl (C=O) groups is 2. The van der Waals surface area contributed by atoms with Crippen molar-refractivity contribution in [1.29, 1.82) is 0 Å². The van der Waals surface area contributed by atoms with Crippen LogP contribution in [0.25, 0.3) is 0 Å². The number of carbonyl (C=O) groups excluding carboxylic acids is 2. The average Bonchev–Trinajstić information content (AvgIpc) is 2.32. The molecule has 1 atom stereocenters. The van der Waals surface area contributed by atoms with Crippen LogP contribution in [0.5, 0.6) is 0 Å². The third kappa shape index (κ3) is 16.9. The van der Waals surface area contributed by atoms with E-state index in [-0.39, 0.29) is 34.6 Å². The molecule has 0 aliphatic carbocycles. The van der Waals surface area contributed by atoms with Crippen LogP contribution in [-0.2, 0) is 4.79 Å². The summed E-state index contributed by atoms with van der Waals surface area (Å²) < 4.78 is 0. The zero-order valence-corrected chi connectivity index (χ0v) is 14.2. The SMILES string of the molecule is CC(C)C.CCCC(C)NNC(=O)NCC(=O)C(C)C.[HH].[HH].[HH]. The molecule has 0 aliphatic rings. The third-order valence-electron chi connectivity index (χ3n) is 2.22. The van der Waals surface area contributed by atoms with Crippen molar-refractivity contribution in [2.75, 3.05) is 6.54 Å². The van der Waals surface area contributed by atoms with Gasteiger partial charge in [0, 0.05) is 16.2 Å². The van der Waals surface area contributed by atoms with E-state index in [2.05, 4.69) is 43.9 Å². The first kappa shape index (κ1) is 21.2. The van der Waals surface area contributed by atoms with Crippen LogP contribution in [-0.4, -0.2) is 24.4 Å². The van der Waals surface area contributed by atoms with Gasteiger partial charge in [0.15, 0.2) is 5.78 Å². The summed E-state index contributed by atoms with van der Waals surface area (Å²) in [7, 11) is 0. The lowest BCUT2D eigenvalue weighted by atomic mass is 10.1. The van der Waals surface area contributed by atoms with Crippen molar-refractivity contribution in [2.24, 2.45) is 11.8 Å². The minimum absolute atomic E-state index is 0. The van der Waals surface area contributed by atoms with E-state index in [0.29, 0.717) is 0 Å². The molecule has 20 heavy (non-hydrogen) atoms. The van der Waals surface area contributed by atoms with Gasteiger partial charge in [0.1, 0.15) is 0 Å². The fraction of sp³-hybridized carbons (Fsp3) is 0.867. The van der Waals surface area contributed by atoms with Crippen LogP contribution >= 0.6 is 0 Å². The Bertz CT molecular complexity index is 276. The Balaban J connectivity index is -0.000000138. The van der Waals surface area contributed by atoms with Gasteiger partial charge in [-0.05, 0) is 19.3 Å². The normalized spacial score (nSPS) is 11.7. The van der Waals surface area contributed by atoms with Crippen molar-refractivity contribution in [3.05, 3.63) is 0 Å². The van der Waals surface area contributed by atoms with Gasteiger partial charge in [-0.25, -0.2) is 10.2 Å². The first-order chi connectivity index (χ1) is 9.20. The van der Waals surface area contributed by atoms with Gasteiger partial charge in [-0.15, -0.1) is 0 Å². The van der Waals surface area contributed by atoms with Gasteiger partial charge in [-0.1, -0.05) is 48.0 Å². The molecule has 0 aromatic rings. The van der Waals surface area contributed by atoms with E-state index in [1.54, 1.807) is 0 Å². The number of Topliss-reactive ketones (excluding diaryl/α,β-unsaturated/α-hetero) is 1. The van der Waals surface area contributed by atoms with Gasteiger partial charge in [0.05, 0.1) is 6.54 Å². The number of hydrazine groups is 1. The van der Waals surface area contributed by atoms with Gasteiger partial charge in [-0.3, -0.25) is 10.2 Å². The Kier molecular flexibility index (Phi) is 13.7. The number of hydrogen-bond acceptors (Lipinski definition) is 3. The summed E-state index contributed by atoms with van der Waals surface area (Å²) in [5.41, 5.74) is 5.37. The van der Waals surface area contributed by atoms with E-state index in [0.717, 1.165) is 18.8 Å². The fourth-order valence-electron chi connectivity index (χ4n) is 1.11. The fourth-order valence-corrected chi connectivity index (χ4v) is 1.11. The lowest BCUT2D eigenvalue weighted by molar-refractivity contribution is -0.120. The van der Waals surface area contributed by atoms with Crippen LogP contribution in [0.1, 0.15) is 65.6 Å². The molecule has 0 fully saturated rings. The van der Waals surface area contributed by atoms with Crippen LogP contribution in [0, 0.1) is 11.8 Å². The largest absolute Gasteiger partial charge is 0.330 e. The molecule has 0 aliphatic heterocycles. The molecule has 0 aromatic heterocycles. The number of hydrogen-bond donors (Lipinski definition) is 3. The van der Waals surface area contributed by atoms with Gasteiger partial charge in [0.2, 0.25) is 0 Å². The Morgan fingerprint density at radius 1 is 1.05 bits per heavy atom. The highest BCUT2D eigenvalue weighted by molar-refractivity contribution is 5.86. The predicted molar refractivity (Wildman–Crippen MR) is 90.7 cm³/mol. The van der Waals surface area contributed by atoms with E-state index >= 15 is 0 Å². The monoisotopic (exact) mass is 293 g/mol. The number of rotatable bonds is 7. The Labute approximate surface area is 128 Å². The lowest BCUT2D eigenvalue weighted by Crippen LogP contribution is -2.49. The van der Waals surface area contributed by atoms with Crippen molar-refractivity contribution < 1.29 is 13.9 Å². The zero-order valence-electron chi connectivity index (χ0n) is 14.2. The molecule has 0 rings (SSSR count). The molecule has 0 heterocycles. The number of amides is 2. The summed E-state index contributed by atoms with van der Waals surface area (Å²) in [6.45, 7) is 14.3. The van der Waals surface area contributed by atoms with E-state index in [1.165, 1.54) is 0 Å². The molecule has 0 bridgehead atoms. The number of urea groups is 1. The average molecular weight is 293 g/mol. The minimum atomic E-state index is -0.364. The topological polar surface area (TPSA) is 70.2 Å². The van der Waals surface area contributed by atoms with Crippen LogP contribution in [0.3, 0.4) is 0 Å². The Morgan fingerprint density at radius 2 is 1.55 bits per heavy atom. The van der Waals surface area contributed by atoms with Crippen molar-refractivity contribution in [3.63, 3.8) is 0 Å². The number of nitrogens with one attached hydrogen (secondary N) is 3. The first-order valence-electron chi connectivity index (χ1n) is 7.52. The molecule has 0 saturated carbocycles. The standard InChI is InChI=1S/C11H23N3O2.C4H10.3H2/c1-5-6-9(4)13-14-11(16)12-7-10(15)8(2)3;1-4(2)3;;;/h8-9,13H,5-7H2,1-4H3,(H2,12,14,16);4H,1-3H3;3*1H. The molecule has 0 spiro atoms. The van der Waals surface area contributed by atoms with Gasteiger partial charge < -0.3 is 5.32 Å². The molecule has 0 aromatic carbocycles. The summed E-state index contributed by atoms with van der Waals surface area (Å²) in [5.74, 6) is 0.809. The summed E-state index contributed by atoms with van der Waals surface area (Å²) >= 11 is 0. The van der Waals surface area contributed by atoms with E-state index < -0.39 is 0 Å².